The molecule has 0 unspecified atom stereocenters. The zero-order valence-corrected chi connectivity index (χ0v) is 13.0. The highest BCUT2D eigenvalue weighted by atomic mass is 19.4. The van der Waals surface area contributed by atoms with Gasteiger partial charge < -0.3 is 5.32 Å². The number of pyridine rings is 1. The van der Waals surface area contributed by atoms with E-state index in [2.05, 4.69) is 10.3 Å². The van der Waals surface area contributed by atoms with Crippen molar-refractivity contribution in [2.75, 3.05) is 5.32 Å². The van der Waals surface area contributed by atoms with Gasteiger partial charge >= 0.3 is 6.18 Å². The maximum Gasteiger partial charge on any atom is 0.435 e. The Balaban J connectivity index is 1.93. The topological polar surface area (TPSA) is 24.9 Å². The second-order valence-corrected chi connectivity index (χ2v) is 5.44. The van der Waals surface area contributed by atoms with Crippen molar-refractivity contribution >= 4 is 5.69 Å². The van der Waals surface area contributed by atoms with E-state index in [1.54, 1.807) is 0 Å². The number of benzene rings is 2. The molecule has 0 radical (unpaired) electrons. The van der Waals surface area contributed by atoms with E-state index >= 15 is 0 Å². The number of nitrogens with one attached hydrogen (secondary N) is 1. The number of hydrogen-bond acceptors (Lipinski definition) is 2. The van der Waals surface area contributed by atoms with Crippen molar-refractivity contribution in [2.24, 2.45) is 0 Å². The molecule has 0 aliphatic rings. The molecule has 0 spiro atoms. The highest BCUT2D eigenvalue weighted by Crippen LogP contribution is 2.35. The fourth-order valence-electron chi connectivity index (χ4n) is 2.42. The third-order valence-corrected chi connectivity index (χ3v) is 3.61. The van der Waals surface area contributed by atoms with Crippen molar-refractivity contribution in [3.8, 4) is 11.3 Å². The summed E-state index contributed by atoms with van der Waals surface area (Å²) in [6.45, 7) is 0.241. The maximum absolute atomic E-state index is 13.4. The van der Waals surface area contributed by atoms with Crippen LogP contribution in [0.1, 0.15) is 11.3 Å². The fourth-order valence-corrected chi connectivity index (χ4v) is 2.42. The van der Waals surface area contributed by atoms with E-state index in [-0.39, 0.29) is 17.9 Å². The second kappa shape index (κ2) is 6.93. The lowest BCUT2D eigenvalue weighted by molar-refractivity contribution is -0.140. The van der Waals surface area contributed by atoms with Crippen LogP contribution in [0.2, 0.25) is 0 Å². The predicted molar refractivity (Wildman–Crippen MR) is 88.4 cm³/mol. The summed E-state index contributed by atoms with van der Waals surface area (Å²) in [5, 5.41) is 2.77. The van der Waals surface area contributed by atoms with Crippen molar-refractivity contribution in [3.05, 3.63) is 83.8 Å². The molecule has 0 aliphatic heterocycles. The minimum Gasteiger partial charge on any atom is -0.379 e. The van der Waals surface area contributed by atoms with Crippen molar-refractivity contribution in [3.63, 3.8) is 0 Å². The van der Waals surface area contributed by atoms with Crippen LogP contribution in [-0.4, -0.2) is 4.98 Å². The first kappa shape index (κ1) is 17.0. The lowest BCUT2D eigenvalue weighted by atomic mass is 10.1. The van der Waals surface area contributed by atoms with E-state index in [4.69, 9.17) is 0 Å². The summed E-state index contributed by atoms with van der Waals surface area (Å²) in [6.07, 6.45) is -4.62. The number of hydrogen-bond donors (Lipinski definition) is 1. The van der Waals surface area contributed by atoms with Gasteiger partial charge in [0.2, 0.25) is 0 Å². The van der Waals surface area contributed by atoms with E-state index in [1.165, 1.54) is 30.3 Å². The molecule has 0 bridgehead atoms. The third-order valence-electron chi connectivity index (χ3n) is 3.61. The highest BCUT2D eigenvalue weighted by molar-refractivity contribution is 5.63. The minimum absolute atomic E-state index is 0.0667. The van der Waals surface area contributed by atoms with Gasteiger partial charge in [0.1, 0.15) is 5.82 Å². The Hall–Kier alpha value is -2.89. The van der Waals surface area contributed by atoms with Gasteiger partial charge in [0, 0.05) is 12.1 Å². The summed E-state index contributed by atoms with van der Waals surface area (Å²) < 4.78 is 53.4. The summed E-state index contributed by atoms with van der Waals surface area (Å²) in [4.78, 5) is 3.71. The Labute approximate surface area is 142 Å². The van der Waals surface area contributed by atoms with Gasteiger partial charge in [-0.2, -0.15) is 13.2 Å². The van der Waals surface area contributed by atoms with E-state index in [9.17, 15) is 17.6 Å². The first-order chi connectivity index (χ1) is 11.9. The Morgan fingerprint density at radius 1 is 0.880 bits per heavy atom. The van der Waals surface area contributed by atoms with Crippen molar-refractivity contribution in [2.45, 2.75) is 12.7 Å². The van der Waals surface area contributed by atoms with Crippen LogP contribution in [0.25, 0.3) is 11.3 Å². The molecule has 1 aromatic heterocycles. The van der Waals surface area contributed by atoms with Gasteiger partial charge in [0.25, 0.3) is 0 Å². The molecule has 1 N–H and O–H groups in total. The number of anilines is 1. The van der Waals surface area contributed by atoms with Crippen molar-refractivity contribution < 1.29 is 17.6 Å². The summed E-state index contributed by atoms with van der Waals surface area (Å²) in [7, 11) is 0. The van der Waals surface area contributed by atoms with Crippen LogP contribution in [0.4, 0.5) is 23.2 Å². The quantitative estimate of drug-likeness (QED) is 0.629. The van der Waals surface area contributed by atoms with Gasteiger partial charge in [-0.15, -0.1) is 0 Å². The van der Waals surface area contributed by atoms with Gasteiger partial charge in [-0.1, -0.05) is 42.5 Å². The summed E-state index contributed by atoms with van der Waals surface area (Å²) in [5.74, 6) is -0.529. The summed E-state index contributed by atoms with van der Waals surface area (Å²) in [5.41, 5.74) is 0.0729. The van der Waals surface area contributed by atoms with Crippen LogP contribution >= 0.6 is 0 Å². The molecular weight excluding hydrogens is 332 g/mol. The predicted octanol–water partition coefficient (Wildman–Crippen LogP) is 5.52. The lowest BCUT2D eigenvalue weighted by Crippen LogP contribution is -2.13. The van der Waals surface area contributed by atoms with Gasteiger partial charge in [-0.05, 0) is 29.8 Å². The third kappa shape index (κ3) is 4.15. The Kier molecular flexibility index (Phi) is 4.70. The van der Waals surface area contributed by atoms with Crippen LogP contribution in [0.5, 0.6) is 0 Å². The zero-order chi connectivity index (χ0) is 17.9. The molecule has 0 amide bonds. The number of nitrogens with zero attached hydrogens (tertiary/aromatic N) is 1. The average molecular weight is 346 g/mol. The molecule has 0 fully saturated rings. The smallest absolute Gasteiger partial charge is 0.379 e. The molecule has 2 aromatic carbocycles. The minimum atomic E-state index is -4.62. The molecular formula is C19H14F4N2. The first-order valence-electron chi connectivity index (χ1n) is 7.55. The standard InChI is InChI=1S/C19H14F4N2/c20-15-8-4-7-14(11-15)16-9-10-17(18(25-16)19(21,22)23)24-12-13-5-2-1-3-6-13/h1-11,24H,12H2. The molecule has 0 aliphatic carbocycles. The molecule has 6 heteroatoms. The van der Waals surface area contributed by atoms with Crippen LogP contribution in [0.3, 0.4) is 0 Å². The number of alkyl halides is 3. The first-order valence-corrected chi connectivity index (χ1v) is 7.55. The van der Waals surface area contributed by atoms with E-state index in [0.29, 0.717) is 5.56 Å². The largest absolute Gasteiger partial charge is 0.435 e. The summed E-state index contributed by atoms with van der Waals surface area (Å²) >= 11 is 0. The van der Waals surface area contributed by atoms with E-state index < -0.39 is 17.7 Å². The van der Waals surface area contributed by atoms with Crippen LogP contribution < -0.4 is 5.32 Å². The number of halogens is 4. The second-order valence-electron chi connectivity index (χ2n) is 5.44. The molecule has 0 saturated heterocycles. The summed E-state index contributed by atoms with van der Waals surface area (Å²) in [6, 6.07) is 17.2. The SMILES string of the molecule is Fc1cccc(-c2ccc(NCc3ccccc3)c(C(F)(F)F)n2)c1. The molecule has 3 rings (SSSR count). The lowest BCUT2D eigenvalue weighted by Gasteiger charge is -2.15. The Morgan fingerprint density at radius 3 is 2.32 bits per heavy atom. The molecule has 2 nitrogen and oxygen atoms in total. The Bertz CT molecular complexity index is 861. The monoisotopic (exact) mass is 346 g/mol. The van der Waals surface area contributed by atoms with E-state index in [1.807, 2.05) is 30.3 Å². The Morgan fingerprint density at radius 2 is 1.64 bits per heavy atom. The molecule has 0 atom stereocenters. The normalized spacial score (nSPS) is 11.4. The van der Waals surface area contributed by atoms with Gasteiger partial charge in [0.05, 0.1) is 11.4 Å². The van der Waals surface area contributed by atoms with Crippen LogP contribution in [-0.2, 0) is 12.7 Å². The molecule has 0 saturated carbocycles. The van der Waals surface area contributed by atoms with Crippen molar-refractivity contribution in [1.29, 1.82) is 0 Å². The van der Waals surface area contributed by atoms with Gasteiger partial charge in [-0.25, -0.2) is 9.37 Å². The van der Waals surface area contributed by atoms with Gasteiger partial charge in [-0.3, -0.25) is 0 Å². The number of rotatable bonds is 4. The molecule has 1 heterocycles. The maximum atomic E-state index is 13.4. The number of aromatic nitrogens is 1. The zero-order valence-electron chi connectivity index (χ0n) is 13.0. The highest BCUT2D eigenvalue weighted by Gasteiger charge is 2.36. The molecule has 128 valence electrons. The van der Waals surface area contributed by atoms with Crippen LogP contribution in [0, 0.1) is 5.82 Å². The molecule has 25 heavy (non-hydrogen) atoms. The van der Waals surface area contributed by atoms with Gasteiger partial charge in [0.15, 0.2) is 5.69 Å². The van der Waals surface area contributed by atoms with Crippen molar-refractivity contribution in [1.82, 2.24) is 4.98 Å². The molecule has 3 aromatic rings. The fraction of sp³-hybridized carbons (Fsp3) is 0.105. The van der Waals surface area contributed by atoms with Crippen LogP contribution in [0.15, 0.2) is 66.7 Å². The average Bonchev–Trinajstić information content (AvgIpc) is 2.60. The van der Waals surface area contributed by atoms with E-state index in [0.717, 1.165) is 11.6 Å².